The molecular formula is C15H26N2O2. The van der Waals surface area contributed by atoms with Gasteiger partial charge in [0.05, 0.1) is 19.7 Å². The SMILES string of the molecule is CC(C)CNCc1ccc(CN(C)C2CCOC2)o1. The van der Waals surface area contributed by atoms with Crippen molar-refractivity contribution in [2.75, 3.05) is 26.8 Å². The Balaban J connectivity index is 1.76. The Hall–Kier alpha value is -0.840. The van der Waals surface area contributed by atoms with Crippen LogP contribution in [0, 0.1) is 5.92 Å². The minimum Gasteiger partial charge on any atom is -0.463 e. The van der Waals surface area contributed by atoms with E-state index in [9.17, 15) is 0 Å². The molecule has 1 aliphatic rings. The maximum Gasteiger partial charge on any atom is 0.118 e. The maximum absolute atomic E-state index is 5.85. The molecule has 0 amide bonds. The first-order valence-corrected chi connectivity index (χ1v) is 7.21. The van der Waals surface area contributed by atoms with E-state index in [-0.39, 0.29) is 0 Å². The summed E-state index contributed by atoms with van der Waals surface area (Å²) in [6.07, 6.45) is 1.13. The van der Waals surface area contributed by atoms with Gasteiger partial charge in [-0.05, 0) is 38.1 Å². The van der Waals surface area contributed by atoms with Crippen molar-refractivity contribution >= 4 is 0 Å². The van der Waals surface area contributed by atoms with Crippen LogP contribution in [0.5, 0.6) is 0 Å². The van der Waals surface area contributed by atoms with Gasteiger partial charge in [-0.25, -0.2) is 0 Å². The van der Waals surface area contributed by atoms with Crippen molar-refractivity contribution < 1.29 is 9.15 Å². The molecule has 19 heavy (non-hydrogen) atoms. The number of likely N-dealkylation sites (N-methyl/N-ethyl adjacent to an activating group) is 1. The Labute approximate surface area is 116 Å². The average Bonchev–Trinajstić information content (AvgIpc) is 2.99. The van der Waals surface area contributed by atoms with Gasteiger partial charge in [0.2, 0.25) is 0 Å². The molecule has 1 saturated heterocycles. The molecule has 108 valence electrons. The van der Waals surface area contributed by atoms with Crippen LogP contribution in [0.15, 0.2) is 16.5 Å². The van der Waals surface area contributed by atoms with Gasteiger partial charge in [0, 0.05) is 12.6 Å². The van der Waals surface area contributed by atoms with E-state index in [4.69, 9.17) is 9.15 Å². The van der Waals surface area contributed by atoms with Crippen LogP contribution in [0.2, 0.25) is 0 Å². The normalized spacial score (nSPS) is 19.7. The molecule has 4 nitrogen and oxygen atoms in total. The molecule has 1 aromatic heterocycles. The number of hydrogen-bond acceptors (Lipinski definition) is 4. The largest absolute Gasteiger partial charge is 0.463 e. The first-order chi connectivity index (χ1) is 9.15. The predicted octanol–water partition coefficient (Wildman–Crippen LogP) is 2.25. The molecule has 0 aliphatic carbocycles. The summed E-state index contributed by atoms with van der Waals surface area (Å²) in [6, 6.07) is 4.69. The number of nitrogens with zero attached hydrogens (tertiary/aromatic N) is 1. The quantitative estimate of drug-likeness (QED) is 0.821. The van der Waals surface area contributed by atoms with E-state index in [0.29, 0.717) is 12.0 Å². The van der Waals surface area contributed by atoms with E-state index >= 15 is 0 Å². The van der Waals surface area contributed by atoms with Gasteiger partial charge in [-0.3, -0.25) is 4.90 Å². The standard InChI is InChI=1S/C15H26N2O2/c1-12(2)8-16-9-14-4-5-15(19-14)10-17(3)13-6-7-18-11-13/h4-5,12-13,16H,6-11H2,1-3H3. The molecule has 1 unspecified atom stereocenters. The van der Waals surface area contributed by atoms with Crippen molar-refractivity contribution in [1.29, 1.82) is 0 Å². The topological polar surface area (TPSA) is 37.6 Å². The third-order valence-electron chi connectivity index (χ3n) is 3.50. The Kier molecular flexibility index (Phi) is 5.43. The van der Waals surface area contributed by atoms with Crippen molar-refractivity contribution in [1.82, 2.24) is 10.2 Å². The second-order valence-electron chi connectivity index (χ2n) is 5.83. The van der Waals surface area contributed by atoms with Crippen LogP contribution < -0.4 is 5.32 Å². The van der Waals surface area contributed by atoms with E-state index in [1.807, 2.05) is 0 Å². The summed E-state index contributed by atoms with van der Waals surface area (Å²) in [6.45, 7) is 8.85. The van der Waals surface area contributed by atoms with Gasteiger partial charge < -0.3 is 14.5 Å². The molecule has 1 aliphatic heterocycles. The summed E-state index contributed by atoms with van der Waals surface area (Å²) in [5, 5.41) is 3.40. The highest BCUT2D eigenvalue weighted by Crippen LogP contribution is 2.15. The van der Waals surface area contributed by atoms with E-state index in [2.05, 4.69) is 43.2 Å². The summed E-state index contributed by atoms with van der Waals surface area (Å²) in [5.41, 5.74) is 0. The minimum atomic E-state index is 0.535. The Bertz CT molecular complexity index is 370. The third kappa shape index (κ3) is 4.64. The smallest absolute Gasteiger partial charge is 0.118 e. The fourth-order valence-electron chi connectivity index (χ4n) is 2.33. The summed E-state index contributed by atoms with van der Waals surface area (Å²) in [5.74, 6) is 2.73. The van der Waals surface area contributed by atoms with Crippen LogP contribution in [0.4, 0.5) is 0 Å². The van der Waals surface area contributed by atoms with Gasteiger partial charge in [0.15, 0.2) is 0 Å². The highest BCUT2D eigenvalue weighted by molar-refractivity contribution is 5.07. The van der Waals surface area contributed by atoms with Crippen molar-refractivity contribution in [2.24, 2.45) is 5.92 Å². The molecule has 0 radical (unpaired) electrons. The van der Waals surface area contributed by atoms with E-state index in [0.717, 1.165) is 50.8 Å². The van der Waals surface area contributed by atoms with E-state index < -0.39 is 0 Å². The minimum absolute atomic E-state index is 0.535. The number of hydrogen-bond donors (Lipinski definition) is 1. The van der Waals surface area contributed by atoms with Gasteiger partial charge in [-0.1, -0.05) is 13.8 Å². The molecule has 0 bridgehead atoms. The molecule has 2 heterocycles. The number of ether oxygens (including phenoxy) is 1. The Morgan fingerprint density at radius 2 is 2.16 bits per heavy atom. The Morgan fingerprint density at radius 1 is 1.37 bits per heavy atom. The highest BCUT2D eigenvalue weighted by Gasteiger charge is 2.20. The van der Waals surface area contributed by atoms with Crippen molar-refractivity contribution in [3.63, 3.8) is 0 Å². The van der Waals surface area contributed by atoms with Crippen molar-refractivity contribution in [3.8, 4) is 0 Å². The monoisotopic (exact) mass is 266 g/mol. The second-order valence-corrected chi connectivity index (χ2v) is 5.83. The van der Waals surface area contributed by atoms with Crippen LogP contribution in [-0.4, -0.2) is 37.7 Å². The van der Waals surface area contributed by atoms with Crippen LogP contribution in [0.25, 0.3) is 0 Å². The molecule has 1 fully saturated rings. The first-order valence-electron chi connectivity index (χ1n) is 7.21. The van der Waals surface area contributed by atoms with Crippen LogP contribution in [-0.2, 0) is 17.8 Å². The lowest BCUT2D eigenvalue weighted by molar-refractivity contribution is 0.151. The van der Waals surface area contributed by atoms with Crippen LogP contribution >= 0.6 is 0 Å². The maximum atomic E-state index is 5.85. The summed E-state index contributed by atoms with van der Waals surface area (Å²) in [4.78, 5) is 2.32. The molecular weight excluding hydrogens is 240 g/mol. The number of nitrogens with one attached hydrogen (secondary N) is 1. The molecule has 0 saturated carbocycles. The molecule has 1 aromatic rings. The predicted molar refractivity (Wildman–Crippen MR) is 75.9 cm³/mol. The summed E-state index contributed by atoms with van der Waals surface area (Å²) in [7, 11) is 2.14. The lowest BCUT2D eigenvalue weighted by Gasteiger charge is -2.21. The van der Waals surface area contributed by atoms with Gasteiger partial charge in [-0.15, -0.1) is 0 Å². The zero-order valence-corrected chi connectivity index (χ0v) is 12.3. The van der Waals surface area contributed by atoms with Gasteiger partial charge in [-0.2, -0.15) is 0 Å². The fourth-order valence-corrected chi connectivity index (χ4v) is 2.33. The van der Waals surface area contributed by atoms with Gasteiger partial charge >= 0.3 is 0 Å². The average molecular weight is 266 g/mol. The molecule has 0 aromatic carbocycles. The molecule has 4 heteroatoms. The van der Waals surface area contributed by atoms with Gasteiger partial charge in [0.1, 0.15) is 11.5 Å². The van der Waals surface area contributed by atoms with Gasteiger partial charge in [0.25, 0.3) is 0 Å². The fraction of sp³-hybridized carbons (Fsp3) is 0.733. The first kappa shape index (κ1) is 14.6. The number of furan rings is 1. The zero-order chi connectivity index (χ0) is 13.7. The molecule has 1 atom stereocenters. The van der Waals surface area contributed by atoms with Crippen molar-refractivity contribution in [2.45, 2.75) is 39.4 Å². The van der Waals surface area contributed by atoms with Crippen molar-refractivity contribution in [3.05, 3.63) is 23.7 Å². The lowest BCUT2D eigenvalue weighted by Crippen LogP contribution is -2.31. The Morgan fingerprint density at radius 3 is 2.84 bits per heavy atom. The van der Waals surface area contributed by atoms with E-state index in [1.165, 1.54) is 0 Å². The molecule has 0 spiro atoms. The zero-order valence-electron chi connectivity index (χ0n) is 12.3. The van der Waals surface area contributed by atoms with Crippen LogP contribution in [0.1, 0.15) is 31.8 Å². The summed E-state index contributed by atoms with van der Waals surface area (Å²) < 4.78 is 11.3. The second kappa shape index (κ2) is 7.08. The molecule has 1 N–H and O–H groups in total. The third-order valence-corrected chi connectivity index (χ3v) is 3.50. The van der Waals surface area contributed by atoms with Crippen LogP contribution in [0.3, 0.4) is 0 Å². The lowest BCUT2D eigenvalue weighted by atomic mass is 10.2. The molecule has 2 rings (SSSR count). The highest BCUT2D eigenvalue weighted by atomic mass is 16.5. The number of rotatable bonds is 7. The van der Waals surface area contributed by atoms with E-state index in [1.54, 1.807) is 0 Å². The summed E-state index contributed by atoms with van der Waals surface area (Å²) >= 11 is 0.